The molecule has 0 atom stereocenters. The molecule has 0 aliphatic rings. The van der Waals surface area contributed by atoms with Crippen molar-refractivity contribution in [1.82, 2.24) is 0 Å². The minimum absolute atomic E-state index is 0.580. The van der Waals surface area contributed by atoms with Gasteiger partial charge >= 0.3 is 87.2 Å². The molecule has 0 rings (SSSR count). The molecular formula is C11H24OSn. The Morgan fingerprint density at radius 2 is 1.46 bits per heavy atom. The molecule has 0 fully saturated rings. The monoisotopic (exact) mass is 292 g/mol. The molecule has 0 saturated carbocycles. The molecule has 2 heteroatoms. The standard InChI is InChI=1S/2C4H9.C2H3O.CH3.Sn/c2*1-3-4-2;1-2-3;;/h2*1,3-4H2,2H3;1H3;1H3;. The number of carbonyl (C=O) groups is 1. The van der Waals surface area contributed by atoms with Crippen molar-refractivity contribution in [3.05, 3.63) is 0 Å². The van der Waals surface area contributed by atoms with Gasteiger partial charge in [0.25, 0.3) is 0 Å². The number of carbonyl (C=O) groups excluding carboxylic acids is 1. The van der Waals surface area contributed by atoms with E-state index in [1.54, 1.807) is 0 Å². The second-order valence-electron chi connectivity index (χ2n) is 4.32. The van der Waals surface area contributed by atoms with Crippen LogP contribution in [0.2, 0.25) is 13.8 Å². The molecule has 0 aromatic carbocycles. The van der Waals surface area contributed by atoms with Gasteiger partial charge in [0.05, 0.1) is 0 Å². The average molecular weight is 291 g/mol. The Bertz CT molecular complexity index is 146. The van der Waals surface area contributed by atoms with E-state index in [9.17, 15) is 4.79 Å². The summed E-state index contributed by atoms with van der Waals surface area (Å²) >= 11 is -2.26. The average Bonchev–Trinajstić information content (AvgIpc) is 2.11. The zero-order valence-electron chi connectivity index (χ0n) is 9.65. The maximum atomic E-state index is 11.6. The molecule has 0 aliphatic heterocycles. The third-order valence-electron chi connectivity index (χ3n) is 3.01. The van der Waals surface area contributed by atoms with E-state index in [4.69, 9.17) is 0 Å². The Balaban J connectivity index is 4.08. The Morgan fingerprint density at radius 3 is 1.69 bits per heavy atom. The minimum atomic E-state index is -2.26. The van der Waals surface area contributed by atoms with Crippen LogP contribution in [0.3, 0.4) is 0 Å². The Kier molecular flexibility index (Phi) is 7.10. The Morgan fingerprint density at radius 1 is 1.08 bits per heavy atom. The number of hydrogen-bond acceptors (Lipinski definition) is 1. The van der Waals surface area contributed by atoms with Crippen molar-refractivity contribution in [2.45, 2.75) is 60.3 Å². The molecule has 0 amide bonds. The fourth-order valence-corrected chi connectivity index (χ4v) is 10.8. The van der Waals surface area contributed by atoms with Gasteiger partial charge < -0.3 is 0 Å². The molecule has 0 saturated heterocycles. The summed E-state index contributed by atoms with van der Waals surface area (Å²) in [5, 5.41) is 0. The van der Waals surface area contributed by atoms with Crippen molar-refractivity contribution in [1.29, 1.82) is 0 Å². The van der Waals surface area contributed by atoms with Crippen molar-refractivity contribution in [3.63, 3.8) is 0 Å². The van der Waals surface area contributed by atoms with Crippen LogP contribution in [0.4, 0.5) is 0 Å². The van der Waals surface area contributed by atoms with E-state index in [1.807, 2.05) is 6.92 Å². The van der Waals surface area contributed by atoms with Gasteiger partial charge in [-0.3, -0.25) is 0 Å². The molecule has 0 aromatic heterocycles. The van der Waals surface area contributed by atoms with E-state index in [-0.39, 0.29) is 0 Å². The topological polar surface area (TPSA) is 17.1 Å². The third kappa shape index (κ3) is 5.04. The van der Waals surface area contributed by atoms with Crippen LogP contribution in [-0.4, -0.2) is 22.2 Å². The second kappa shape index (κ2) is 6.85. The normalized spacial score (nSPS) is 11.7. The molecule has 0 N–H and O–H groups in total. The first-order chi connectivity index (χ1) is 6.06. The molecule has 0 bridgehead atoms. The van der Waals surface area contributed by atoms with Crippen LogP contribution in [0, 0.1) is 0 Å². The number of hydrogen-bond donors (Lipinski definition) is 0. The first kappa shape index (κ1) is 13.5. The van der Waals surface area contributed by atoms with Crippen LogP contribution in [0.5, 0.6) is 0 Å². The summed E-state index contributed by atoms with van der Waals surface area (Å²) in [6, 6.07) is 0. The Hall–Kier alpha value is 0.469. The van der Waals surface area contributed by atoms with Gasteiger partial charge in [0.1, 0.15) is 0 Å². The van der Waals surface area contributed by atoms with Crippen LogP contribution in [0.1, 0.15) is 46.5 Å². The fraction of sp³-hybridized carbons (Fsp3) is 0.909. The van der Waals surface area contributed by atoms with Gasteiger partial charge in [0, 0.05) is 0 Å². The Labute approximate surface area is 87.2 Å². The molecule has 0 aromatic rings. The SMILES string of the molecule is CCC[CH2][Sn]([CH3])([CH2]CCC)[C](C)=O. The molecule has 1 nitrogen and oxygen atoms in total. The summed E-state index contributed by atoms with van der Waals surface area (Å²) < 4.78 is 3.14. The molecular weight excluding hydrogens is 267 g/mol. The zero-order chi connectivity index (χ0) is 10.3. The van der Waals surface area contributed by atoms with E-state index in [1.165, 1.54) is 34.6 Å². The van der Waals surface area contributed by atoms with Gasteiger partial charge in [0.15, 0.2) is 0 Å². The van der Waals surface area contributed by atoms with Crippen molar-refractivity contribution in [2.75, 3.05) is 0 Å². The van der Waals surface area contributed by atoms with Crippen molar-refractivity contribution >= 4 is 22.2 Å². The van der Waals surface area contributed by atoms with Crippen LogP contribution in [-0.2, 0) is 4.79 Å². The van der Waals surface area contributed by atoms with E-state index in [0.29, 0.717) is 3.80 Å². The van der Waals surface area contributed by atoms with Gasteiger partial charge in [-0.2, -0.15) is 0 Å². The van der Waals surface area contributed by atoms with Crippen molar-refractivity contribution < 1.29 is 4.79 Å². The molecule has 0 radical (unpaired) electrons. The van der Waals surface area contributed by atoms with E-state index < -0.39 is 18.4 Å². The van der Waals surface area contributed by atoms with Gasteiger partial charge in [-0.25, -0.2) is 0 Å². The van der Waals surface area contributed by atoms with Gasteiger partial charge in [0.2, 0.25) is 0 Å². The maximum absolute atomic E-state index is 11.6. The van der Waals surface area contributed by atoms with Gasteiger partial charge in [-0.05, 0) is 0 Å². The summed E-state index contributed by atoms with van der Waals surface area (Å²) in [6.07, 6.45) is 5.03. The van der Waals surface area contributed by atoms with Crippen LogP contribution in [0.15, 0.2) is 0 Å². The predicted octanol–water partition coefficient (Wildman–Crippen LogP) is 3.79. The summed E-state index contributed by atoms with van der Waals surface area (Å²) in [5.74, 6) is 0. The molecule has 0 aliphatic carbocycles. The van der Waals surface area contributed by atoms with E-state index >= 15 is 0 Å². The summed E-state index contributed by atoms with van der Waals surface area (Å²) in [4.78, 5) is 13.9. The zero-order valence-corrected chi connectivity index (χ0v) is 12.5. The summed E-state index contributed by atoms with van der Waals surface area (Å²) in [7, 11) is 0. The van der Waals surface area contributed by atoms with Gasteiger partial charge in [-0.1, -0.05) is 0 Å². The summed E-state index contributed by atoms with van der Waals surface area (Å²) in [6.45, 7) is 6.26. The third-order valence-corrected chi connectivity index (χ3v) is 16.2. The van der Waals surface area contributed by atoms with Gasteiger partial charge in [-0.15, -0.1) is 0 Å². The van der Waals surface area contributed by atoms with Crippen LogP contribution < -0.4 is 0 Å². The van der Waals surface area contributed by atoms with Crippen LogP contribution >= 0.6 is 0 Å². The number of unbranched alkanes of at least 4 members (excludes halogenated alkanes) is 2. The van der Waals surface area contributed by atoms with Crippen molar-refractivity contribution in [2.24, 2.45) is 0 Å². The fourth-order valence-electron chi connectivity index (χ4n) is 1.61. The van der Waals surface area contributed by atoms with Crippen molar-refractivity contribution in [3.8, 4) is 0 Å². The van der Waals surface area contributed by atoms with E-state index in [0.717, 1.165) is 0 Å². The second-order valence-corrected chi connectivity index (χ2v) is 18.1. The first-order valence-corrected chi connectivity index (χ1v) is 13.9. The van der Waals surface area contributed by atoms with E-state index in [2.05, 4.69) is 18.8 Å². The molecule has 0 spiro atoms. The molecule has 13 heavy (non-hydrogen) atoms. The summed E-state index contributed by atoms with van der Waals surface area (Å²) in [5.41, 5.74) is 0. The van der Waals surface area contributed by atoms with Crippen LogP contribution in [0.25, 0.3) is 0 Å². The molecule has 0 unspecified atom stereocenters. The predicted molar refractivity (Wildman–Crippen MR) is 61.7 cm³/mol. The number of rotatable bonds is 7. The molecule has 78 valence electrons. The quantitative estimate of drug-likeness (QED) is 0.652. The first-order valence-electron chi connectivity index (χ1n) is 5.58. The molecule has 0 heterocycles.